The zero-order valence-corrected chi connectivity index (χ0v) is 15.8. The highest BCUT2D eigenvalue weighted by atomic mass is 15.0. The third kappa shape index (κ3) is 2.43. The maximum atomic E-state index is 4.13. The molecule has 1 aliphatic heterocycles. The second-order valence-electron chi connectivity index (χ2n) is 10.2. The Kier molecular flexibility index (Phi) is 4.44. The predicted octanol–water partition coefficient (Wildman–Crippen LogP) is 5.93. The molecule has 1 heteroatoms. The van der Waals surface area contributed by atoms with Gasteiger partial charge in [-0.2, -0.15) is 0 Å². The Labute approximate surface area is 149 Å². The lowest BCUT2D eigenvalue weighted by atomic mass is 9.54. The highest BCUT2D eigenvalue weighted by Crippen LogP contribution is 2.64. The van der Waals surface area contributed by atoms with Crippen molar-refractivity contribution < 1.29 is 0 Å². The zero-order valence-electron chi connectivity index (χ0n) is 15.8. The summed E-state index contributed by atoms with van der Waals surface area (Å²) in [4.78, 5) is 0. The molecule has 5 unspecified atom stereocenters. The van der Waals surface area contributed by atoms with E-state index < -0.39 is 0 Å². The minimum absolute atomic E-state index is 0.749. The van der Waals surface area contributed by atoms with E-state index in [0.717, 1.165) is 41.0 Å². The van der Waals surface area contributed by atoms with Gasteiger partial charge in [0.05, 0.1) is 0 Å². The van der Waals surface area contributed by atoms with Crippen LogP contribution in [0.3, 0.4) is 0 Å². The molecule has 5 atom stereocenters. The normalized spacial score (nSPS) is 45.8. The topological polar surface area (TPSA) is 12.0 Å². The number of hydrogen-bond donors (Lipinski definition) is 1. The van der Waals surface area contributed by atoms with E-state index in [0.29, 0.717) is 0 Å². The molecule has 5 aliphatic rings. The lowest BCUT2D eigenvalue weighted by Crippen LogP contribution is -2.52. The van der Waals surface area contributed by atoms with Gasteiger partial charge in [0, 0.05) is 6.04 Å². The maximum absolute atomic E-state index is 4.13. The van der Waals surface area contributed by atoms with Crippen molar-refractivity contribution in [3.05, 3.63) is 0 Å². The van der Waals surface area contributed by atoms with E-state index in [1.54, 1.807) is 57.8 Å². The molecule has 1 saturated heterocycles. The van der Waals surface area contributed by atoms with Gasteiger partial charge in [-0.3, -0.25) is 0 Å². The van der Waals surface area contributed by atoms with Gasteiger partial charge in [-0.1, -0.05) is 44.9 Å². The number of hydrogen-bond acceptors (Lipinski definition) is 1. The lowest BCUT2D eigenvalue weighted by Gasteiger charge is -2.52. The summed E-state index contributed by atoms with van der Waals surface area (Å²) in [7, 11) is 0. The first kappa shape index (κ1) is 16.2. The van der Waals surface area contributed by atoms with Crippen molar-refractivity contribution >= 4 is 0 Å². The monoisotopic (exact) mass is 329 g/mol. The predicted molar refractivity (Wildman–Crippen MR) is 101 cm³/mol. The van der Waals surface area contributed by atoms with Crippen LogP contribution in [0, 0.1) is 35.0 Å². The van der Waals surface area contributed by atoms with Gasteiger partial charge < -0.3 is 5.32 Å². The van der Waals surface area contributed by atoms with Crippen molar-refractivity contribution in [2.75, 3.05) is 6.54 Å². The summed E-state index contributed by atoms with van der Waals surface area (Å²) in [5, 5.41) is 4.13. The zero-order chi connectivity index (χ0) is 16.0. The van der Waals surface area contributed by atoms with Crippen molar-refractivity contribution in [3.63, 3.8) is 0 Å². The SMILES string of the molecule is C1CCC(C2CCCC2)(C2C3CCCCC3C3CCCNC32)CC1. The molecule has 0 radical (unpaired) electrons. The number of nitrogens with one attached hydrogen (secondary N) is 1. The Hall–Kier alpha value is -0.0400. The summed E-state index contributed by atoms with van der Waals surface area (Å²) in [6.45, 7) is 1.32. The molecule has 24 heavy (non-hydrogen) atoms. The summed E-state index contributed by atoms with van der Waals surface area (Å²) < 4.78 is 0. The van der Waals surface area contributed by atoms with Crippen LogP contribution in [0.25, 0.3) is 0 Å². The largest absolute Gasteiger partial charge is 0.313 e. The third-order valence-electron chi connectivity index (χ3n) is 9.45. The molecule has 136 valence electrons. The molecule has 5 fully saturated rings. The molecule has 0 aromatic heterocycles. The van der Waals surface area contributed by atoms with E-state index in [-0.39, 0.29) is 0 Å². The van der Waals surface area contributed by atoms with E-state index in [4.69, 9.17) is 0 Å². The van der Waals surface area contributed by atoms with Crippen LogP contribution < -0.4 is 5.32 Å². The maximum Gasteiger partial charge on any atom is 0.0134 e. The van der Waals surface area contributed by atoms with Crippen molar-refractivity contribution in [3.8, 4) is 0 Å². The summed E-state index contributed by atoms with van der Waals surface area (Å²) in [6.07, 6.45) is 23.3. The first-order valence-electron chi connectivity index (χ1n) is 11.6. The van der Waals surface area contributed by atoms with Gasteiger partial charge in [0.2, 0.25) is 0 Å². The quantitative estimate of drug-likeness (QED) is 0.662. The van der Waals surface area contributed by atoms with Gasteiger partial charge in [0.1, 0.15) is 0 Å². The van der Waals surface area contributed by atoms with E-state index in [1.165, 1.54) is 45.1 Å². The molecule has 0 spiro atoms. The van der Waals surface area contributed by atoms with Crippen LogP contribution in [0.5, 0.6) is 0 Å². The lowest BCUT2D eigenvalue weighted by molar-refractivity contribution is -0.0195. The summed E-state index contributed by atoms with van der Waals surface area (Å²) in [6, 6.07) is 0.908. The van der Waals surface area contributed by atoms with E-state index in [2.05, 4.69) is 5.32 Å². The van der Waals surface area contributed by atoms with E-state index in [1.807, 2.05) is 0 Å². The van der Waals surface area contributed by atoms with Gasteiger partial charge >= 0.3 is 0 Å². The smallest absolute Gasteiger partial charge is 0.0134 e. The van der Waals surface area contributed by atoms with Gasteiger partial charge in [-0.05, 0) is 92.9 Å². The van der Waals surface area contributed by atoms with Crippen LogP contribution in [-0.4, -0.2) is 12.6 Å². The molecule has 1 heterocycles. The molecule has 1 nitrogen and oxygen atoms in total. The fourth-order valence-electron chi connectivity index (χ4n) is 8.75. The first-order chi connectivity index (χ1) is 11.9. The van der Waals surface area contributed by atoms with Gasteiger partial charge in [-0.25, -0.2) is 0 Å². The first-order valence-corrected chi connectivity index (χ1v) is 11.6. The Morgan fingerprint density at radius 1 is 0.583 bits per heavy atom. The standard InChI is InChI=1S/C23H39N/c1-6-14-23(15-7-1,17-9-2-3-10-17)21-19-12-5-4-11-18(19)20-13-8-16-24-22(20)21/h17-22,24H,1-16H2. The molecular formula is C23H39N. The average molecular weight is 330 g/mol. The number of fused-ring (bicyclic) bond motifs is 3. The van der Waals surface area contributed by atoms with Crippen LogP contribution in [0.15, 0.2) is 0 Å². The molecule has 5 rings (SSSR count). The van der Waals surface area contributed by atoms with Crippen LogP contribution in [0.2, 0.25) is 0 Å². The molecule has 0 amide bonds. The van der Waals surface area contributed by atoms with Crippen LogP contribution in [0.4, 0.5) is 0 Å². The van der Waals surface area contributed by atoms with Crippen LogP contribution in [-0.2, 0) is 0 Å². The fourth-order valence-corrected chi connectivity index (χ4v) is 8.75. The molecule has 0 aromatic rings. The highest BCUT2D eigenvalue weighted by Gasteiger charge is 2.60. The van der Waals surface area contributed by atoms with Gasteiger partial charge in [-0.15, -0.1) is 0 Å². The average Bonchev–Trinajstić information content (AvgIpc) is 3.29. The Balaban J connectivity index is 1.52. The van der Waals surface area contributed by atoms with Crippen molar-refractivity contribution in [2.45, 2.75) is 102 Å². The minimum atomic E-state index is 0.749. The van der Waals surface area contributed by atoms with Crippen molar-refractivity contribution in [1.82, 2.24) is 5.32 Å². The summed E-state index contributed by atoms with van der Waals surface area (Å²) in [5.74, 6) is 5.39. The molecule has 4 saturated carbocycles. The van der Waals surface area contributed by atoms with Crippen LogP contribution >= 0.6 is 0 Å². The van der Waals surface area contributed by atoms with E-state index in [9.17, 15) is 0 Å². The fraction of sp³-hybridized carbons (Fsp3) is 1.00. The van der Waals surface area contributed by atoms with Crippen molar-refractivity contribution in [2.24, 2.45) is 35.0 Å². The van der Waals surface area contributed by atoms with Gasteiger partial charge in [0.15, 0.2) is 0 Å². The molecule has 0 bridgehead atoms. The van der Waals surface area contributed by atoms with Crippen LogP contribution in [0.1, 0.15) is 96.3 Å². The third-order valence-corrected chi connectivity index (χ3v) is 9.45. The minimum Gasteiger partial charge on any atom is -0.313 e. The van der Waals surface area contributed by atoms with Gasteiger partial charge in [0.25, 0.3) is 0 Å². The molecule has 1 N–H and O–H groups in total. The summed E-state index contributed by atoms with van der Waals surface area (Å²) in [5.41, 5.74) is 0.749. The Morgan fingerprint density at radius 3 is 2.04 bits per heavy atom. The number of rotatable bonds is 2. The Morgan fingerprint density at radius 2 is 1.25 bits per heavy atom. The molecule has 0 aromatic carbocycles. The second kappa shape index (κ2) is 6.60. The van der Waals surface area contributed by atoms with Crippen molar-refractivity contribution in [1.29, 1.82) is 0 Å². The Bertz CT molecular complexity index is 409. The highest BCUT2D eigenvalue weighted by molar-refractivity contribution is 5.11. The molecular weight excluding hydrogens is 290 g/mol. The molecule has 4 aliphatic carbocycles. The summed E-state index contributed by atoms with van der Waals surface area (Å²) >= 11 is 0. The number of piperidine rings is 1. The second-order valence-corrected chi connectivity index (χ2v) is 10.2. The van der Waals surface area contributed by atoms with E-state index >= 15 is 0 Å².